The van der Waals surface area contributed by atoms with Crippen molar-refractivity contribution in [3.8, 4) is 0 Å². The van der Waals surface area contributed by atoms with Gasteiger partial charge in [0, 0.05) is 23.6 Å². The van der Waals surface area contributed by atoms with E-state index in [0.717, 1.165) is 18.7 Å². The molecule has 0 radical (unpaired) electrons. The zero-order chi connectivity index (χ0) is 7.14. The average molecular weight is 158 g/mol. The predicted molar refractivity (Wildman–Crippen MR) is 40.9 cm³/mol. The van der Waals surface area contributed by atoms with Crippen molar-refractivity contribution in [1.29, 1.82) is 0 Å². The quantitative estimate of drug-likeness (QED) is 0.549. The second-order valence-corrected chi connectivity index (χ2v) is 4.17. The van der Waals surface area contributed by atoms with Crippen molar-refractivity contribution in [1.82, 2.24) is 4.90 Å². The average Bonchev–Trinajstić information content (AvgIpc) is 2.44. The van der Waals surface area contributed by atoms with E-state index in [1.54, 1.807) is 4.90 Å². The van der Waals surface area contributed by atoms with Crippen molar-refractivity contribution >= 4 is 17.8 Å². The van der Waals surface area contributed by atoms with Gasteiger partial charge in [0.1, 0.15) is 0 Å². The molecular weight excluding hydrogens is 148 g/mol. The monoisotopic (exact) mass is 158 g/mol. The fourth-order valence-corrected chi connectivity index (χ4v) is 3.10. The van der Waals surface area contributed by atoms with E-state index in [-0.39, 0.29) is 6.03 Å². The van der Waals surface area contributed by atoms with Gasteiger partial charge in [-0.25, -0.2) is 4.79 Å². The van der Waals surface area contributed by atoms with Crippen LogP contribution in [0.1, 0.15) is 6.42 Å². The van der Waals surface area contributed by atoms with Crippen LogP contribution in [0, 0.1) is 0 Å². The van der Waals surface area contributed by atoms with E-state index in [9.17, 15) is 4.79 Å². The number of rotatable bonds is 0. The molecule has 2 aliphatic rings. The standard InChI is InChI=1S/C6H10N2OS/c7-6(9)8-2-5-1-4(8)3-10-5/h4-5H,1-3H2,(H2,7,9). The van der Waals surface area contributed by atoms with Crippen LogP contribution in [-0.4, -0.2) is 34.5 Å². The molecule has 0 aromatic rings. The number of hydrogen-bond acceptors (Lipinski definition) is 2. The number of nitrogens with two attached hydrogens (primary N) is 1. The lowest BCUT2D eigenvalue weighted by Gasteiger charge is -2.24. The number of thioether (sulfide) groups is 1. The van der Waals surface area contributed by atoms with E-state index in [0.29, 0.717) is 11.3 Å². The van der Waals surface area contributed by atoms with Gasteiger partial charge in [-0.2, -0.15) is 11.8 Å². The first kappa shape index (κ1) is 6.34. The third kappa shape index (κ3) is 0.785. The molecule has 0 aromatic heterocycles. The van der Waals surface area contributed by atoms with Gasteiger partial charge in [0.15, 0.2) is 0 Å². The van der Waals surface area contributed by atoms with E-state index in [1.165, 1.54) is 0 Å². The number of amides is 2. The molecule has 0 spiro atoms. The fourth-order valence-electron chi connectivity index (χ4n) is 1.67. The fraction of sp³-hybridized carbons (Fsp3) is 0.833. The number of urea groups is 1. The lowest BCUT2D eigenvalue weighted by molar-refractivity contribution is 0.206. The normalized spacial score (nSPS) is 37.0. The minimum atomic E-state index is -0.243. The van der Waals surface area contributed by atoms with Gasteiger partial charge in [-0.15, -0.1) is 0 Å². The third-order valence-electron chi connectivity index (χ3n) is 2.18. The summed E-state index contributed by atoms with van der Waals surface area (Å²) >= 11 is 1.96. The Morgan fingerprint density at radius 1 is 1.70 bits per heavy atom. The molecule has 0 aromatic carbocycles. The summed E-state index contributed by atoms with van der Waals surface area (Å²) in [6.07, 6.45) is 1.16. The van der Waals surface area contributed by atoms with Crippen LogP contribution in [0.2, 0.25) is 0 Å². The van der Waals surface area contributed by atoms with Gasteiger partial charge in [0.05, 0.1) is 0 Å². The smallest absolute Gasteiger partial charge is 0.315 e. The Balaban J connectivity index is 2.08. The summed E-state index contributed by atoms with van der Waals surface area (Å²) in [6, 6.07) is 0.209. The van der Waals surface area contributed by atoms with Gasteiger partial charge < -0.3 is 10.6 Å². The van der Waals surface area contributed by atoms with Crippen LogP contribution in [0.3, 0.4) is 0 Å². The molecule has 2 amide bonds. The summed E-state index contributed by atoms with van der Waals surface area (Å²) in [4.78, 5) is 12.5. The number of primary amides is 1. The first-order valence-corrected chi connectivity index (χ1v) is 4.50. The molecule has 2 bridgehead atoms. The second-order valence-electron chi connectivity index (χ2n) is 2.84. The highest BCUT2D eigenvalue weighted by atomic mass is 32.2. The Bertz CT molecular complexity index is 173. The van der Waals surface area contributed by atoms with E-state index >= 15 is 0 Å². The second kappa shape index (κ2) is 2.05. The van der Waals surface area contributed by atoms with Crippen LogP contribution in [0.25, 0.3) is 0 Å². The minimum absolute atomic E-state index is 0.243. The summed E-state index contributed by atoms with van der Waals surface area (Å²) in [5.41, 5.74) is 5.16. The van der Waals surface area contributed by atoms with Crippen molar-refractivity contribution in [3.63, 3.8) is 0 Å². The molecule has 3 nitrogen and oxygen atoms in total. The number of fused-ring (bicyclic) bond motifs is 2. The van der Waals surface area contributed by atoms with Crippen LogP contribution < -0.4 is 5.73 Å². The summed E-state index contributed by atoms with van der Waals surface area (Å²) in [5.74, 6) is 1.09. The van der Waals surface area contributed by atoms with Crippen LogP contribution >= 0.6 is 11.8 Å². The molecule has 4 heteroatoms. The lowest BCUT2D eigenvalue weighted by Crippen LogP contribution is -2.42. The molecular formula is C6H10N2OS. The van der Waals surface area contributed by atoms with E-state index < -0.39 is 0 Å². The van der Waals surface area contributed by atoms with Crippen molar-refractivity contribution in [3.05, 3.63) is 0 Å². The summed E-state index contributed by atoms with van der Waals surface area (Å²) in [5, 5.41) is 0.678. The Hall–Kier alpha value is -0.380. The van der Waals surface area contributed by atoms with Crippen LogP contribution in [0.5, 0.6) is 0 Å². The molecule has 2 fully saturated rings. The Kier molecular flexibility index (Phi) is 1.30. The van der Waals surface area contributed by atoms with Crippen molar-refractivity contribution < 1.29 is 4.79 Å². The Morgan fingerprint density at radius 3 is 2.80 bits per heavy atom. The zero-order valence-electron chi connectivity index (χ0n) is 5.62. The van der Waals surface area contributed by atoms with Gasteiger partial charge in [-0.1, -0.05) is 0 Å². The van der Waals surface area contributed by atoms with Crippen LogP contribution in [0.4, 0.5) is 4.79 Å². The summed E-state index contributed by atoms with van der Waals surface area (Å²) in [6.45, 7) is 0.880. The molecule has 2 heterocycles. The number of carbonyl (C=O) groups excluding carboxylic acids is 1. The maximum Gasteiger partial charge on any atom is 0.315 e. The molecule has 0 saturated carbocycles. The molecule has 2 saturated heterocycles. The van der Waals surface area contributed by atoms with E-state index in [1.807, 2.05) is 11.8 Å². The van der Waals surface area contributed by atoms with Crippen LogP contribution in [0.15, 0.2) is 0 Å². The molecule has 0 aliphatic carbocycles. The number of carbonyl (C=O) groups is 1. The number of likely N-dealkylation sites (tertiary alicyclic amines) is 1. The largest absolute Gasteiger partial charge is 0.351 e. The summed E-state index contributed by atoms with van der Waals surface area (Å²) < 4.78 is 0. The third-order valence-corrected chi connectivity index (χ3v) is 3.57. The Morgan fingerprint density at radius 2 is 2.50 bits per heavy atom. The van der Waals surface area contributed by atoms with Crippen LogP contribution in [-0.2, 0) is 0 Å². The number of hydrogen-bond donors (Lipinski definition) is 1. The maximum absolute atomic E-state index is 10.7. The van der Waals surface area contributed by atoms with Crippen molar-refractivity contribution in [2.45, 2.75) is 17.7 Å². The van der Waals surface area contributed by atoms with Crippen molar-refractivity contribution in [2.24, 2.45) is 5.73 Å². The lowest BCUT2D eigenvalue weighted by atomic mass is 10.2. The first-order chi connectivity index (χ1) is 4.77. The highest BCUT2D eigenvalue weighted by Gasteiger charge is 2.39. The first-order valence-electron chi connectivity index (χ1n) is 3.45. The molecule has 2 aliphatic heterocycles. The van der Waals surface area contributed by atoms with E-state index in [2.05, 4.69) is 0 Å². The van der Waals surface area contributed by atoms with Gasteiger partial charge in [-0.3, -0.25) is 0 Å². The Labute approximate surface area is 63.9 Å². The van der Waals surface area contributed by atoms with Crippen molar-refractivity contribution in [2.75, 3.05) is 12.3 Å². The zero-order valence-corrected chi connectivity index (χ0v) is 6.43. The SMILES string of the molecule is NC(=O)N1CC2CC1CS2. The highest BCUT2D eigenvalue weighted by Crippen LogP contribution is 2.36. The molecule has 2 rings (SSSR count). The molecule has 2 atom stereocenters. The van der Waals surface area contributed by atoms with Gasteiger partial charge >= 0.3 is 6.03 Å². The summed E-state index contributed by atoms with van der Waals surface area (Å²) in [7, 11) is 0. The van der Waals surface area contributed by atoms with Gasteiger partial charge in [-0.05, 0) is 6.42 Å². The van der Waals surface area contributed by atoms with E-state index in [4.69, 9.17) is 5.73 Å². The van der Waals surface area contributed by atoms with Gasteiger partial charge in [0.2, 0.25) is 0 Å². The molecule has 2 unspecified atom stereocenters. The minimum Gasteiger partial charge on any atom is -0.351 e. The number of nitrogens with zero attached hydrogens (tertiary/aromatic N) is 1. The maximum atomic E-state index is 10.7. The molecule has 2 N–H and O–H groups in total. The molecule has 56 valence electrons. The van der Waals surface area contributed by atoms with Gasteiger partial charge in [0.25, 0.3) is 0 Å². The highest BCUT2D eigenvalue weighted by molar-refractivity contribution is 8.00. The topological polar surface area (TPSA) is 46.3 Å². The predicted octanol–water partition coefficient (Wildman–Crippen LogP) is 0.255. The molecule has 10 heavy (non-hydrogen) atoms.